The standard InChI is InChI=1S/C14H13Cl2N5O.H3N/c1-14(2,3)19-11-10(7-4-5-8(15)9(16)6-7)17-12-13(18-11)21-22-20-12;/h4-6H,1-3H3,(H,18,19,21);1H3. The summed E-state index contributed by atoms with van der Waals surface area (Å²) < 4.78 is 4.68. The summed E-state index contributed by atoms with van der Waals surface area (Å²) in [7, 11) is 0. The molecule has 0 radical (unpaired) electrons. The van der Waals surface area contributed by atoms with Gasteiger partial charge in [-0.2, -0.15) is 0 Å². The molecule has 0 fully saturated rings. The molecule has 0 amide bonds. The second-order valence-electron chi connectivity index (χ2n) is 5.84. The molecule has 2 aromatic heterocycles. The average Bonchev–Trinajstić information content (AvgIpc) is 2.86. The normalized spacial score (nSPS) is 11.3. The van der Waals surface area contributed by atoms with Crippen LogP contribution < -0.4 is 11.5 Å². The summed E-state index contributed by atoms with van der Waals surface area (Å²) in [6.45, 7) is 6.08. The lowest BCUT2D eigenvalue weighted by atomic mass is 10.1. The van der Waals surface area contributed by atoms with Crippen LogP contribution in [0.2, 0.25) is 10.0 Å². The molecule has 0 atom stereocenters. The molecule has 0 saturated carbocycles. The fraction of sp³-hybridized carbons (Fsp3) is 0.286. The molecule has 9 heteroatoms. The van der Waals surface area contributed by atoms with E-state index in [0.29, 0.717) is 32.9 Å². The molecule has 0 spiro atoms. The third-order valence-corrected chi connectivity index (χ3v) is 3.54. The van der Waals surface area contributed by atoms with Gasteiger partial charge in [-0.05, 0) is 43.2 Å². The SMILES string of the molecule is CC(C)(C)Nc1nc2nonc2nc1-c1ccc(Cl)c(Cl)c1.N. The molecule has 122 valence electrons. The smallest absolute Gasteiger partial charge is 0.245 e. The van der Waals surface area contributed by atoms with Gasteiger partial charge < -0.3 is 11.5 Å². The summed E-state index contributed by atoms with van der Waals surface area (Å²) in [6.07, 6.45) is 0. The Balaban J connectivity index is 0.00000192. The zero-order valence-electron chi connectivity index (χ0n) is 12.9. The van der Waals surface area contributed by atoms with E-state index in [-0.39, 0.29) is 11.7 Å². The molecule has 7 nitrogen and oxygen atoms in total. The number of hydrogen-bond donors (Lipinski definition) is 2. The maximum Gasteiger partial charge on any atom is 0.245 e. The molecule has 1 aromatic carbocycles. The minimum Gasteiger partial charge on any atom is -0.364 e. The van der Waals surface area contributed by atoms with Crippen LogP contribution in [0.1, 0.15) is 20.8 Å². The maximum atomic E-state index is 6.10. The van der Waals surface area contributed by atoms with Crippen molar-refractivity contribution >= 4 is 40.3 Å². The Hall–Kier alpha value is -1.96. The number of nitrogens with one attached hydrogen (secondary N) is 1. The zero-order chi connectivity index (χ0) is 15.9. The molecule has 0 aliphatic carbocycles. The van der Waals surface area contributed by atoms with Crippen LogP contribution in [-0.2, 0) is 0 Å². The molecule has 0 unspecified atom stereocenters. The van der Waals surface area contributed by atoms with E-state index >= 15 is 0 Å². The molecule has 0 bridgehead atoms. The predicted octanol–water partition coefficient (Wildman–Crippen LogP) is 4.36. The van der Waals surface area contributed by atoms with E-state index in [1.54, 1.807) is 12.1 Å². The van der Waals surface area contributed by atoms with Crippen LogP contribution in [0.3, 0.4) is 0 Å². The number of fused-ring (bicyclic) bond motifs is 1. The lowest BCUT2D eigenvalue weighted by molar-refractivity contribution is 0.314. The van der Waals surface area contributed by atoms with Gasteiger partial charge in [0.25, 0.3) is 0 Å². The third-order valence-electron chi connectivity index (χ3n) is 2.80. The first-order valence-corrected chi connectivity index (χ1v) is 7.33. The lowest BCUT2D eigenvalue weighted by Crippen LogP contribution is -2.27. The highest BCUT2D eigenvalue weighted by Crippen LogP contribution is 2.32. The lowest BCUT2D eigenvalue weighted by Gasteiger charge is -2.22. The van der Waals surface area contributed by atoms with Gasteiger partial charge in [0.15, 0.2) is 5.82 Å². The maximum absolute atomic E-state index is 6.10. The van der Waals surface area contributed by atoms with Gasteiger partial charge in [0.05, 0.1) is 10.0 Å². The van der Waals surface area contributed by atoms with Crippen LogP contribution in [0.15, 0.2) is 22.8 Å². The van der Waals surface area contributed by atoms with Crippen LogP contribution in [0.5, 0.6) is 0 Å². The van der Waals surface area contributed by atoms with E-state index in [1.165, 1.54) is 0 Å². The summed E-state index contributed by atoms with van der Waals surface area (Å²) in [4.78, 5) is 8.90. The van der Waals surface area contributed by atoms with Crippen LogP contribution in [0, 0.1) is 0 Å². The van der Waals surface area contributed by atoms with Crippen molar-refractivity contribution in [1.29, 1.82) is 0 Å². The van der Waals surface area contributed by atoms with Gasteiger partial charge in [0, 0.05) is 11.1 Å². The molecule has 4 N–H and O–H groups in total. The number of nitrogens with zero attached hydrogens (tertiary/aromatic N) is 4. The highest BCUT2D eigenvalue weighted by Gasteiger charge is 2.19. The molecule has 23 heavy (non-hydrogen) atoms. The largest absolute Gasteiger partial charge is 0.364 e. The fourth-order valence-electron chi connectivity index (χ4n) is 1.92. The van der Waals surface area contributed by atoms with Crippen LogP contribution in [0.4, 0.5) is 5.82 Å². The van der Waals surface area contributed by atoms with E-state index < -0.39 is 0 Å². The van der Waals surface area contributed by atoms with E-state index in [0.717, 1.165) is 5.56 Å². The Bertz CT molecular complexity index is 843. The van der Waals surface area contributed by atoms with Gasteiger partial charge in [-0.1, -0.05) is 29.3 Å². The van der Waals surface area contributed by atoms with Gasteiger partial charge in [-0.15, -0.1) is 0 Å². The minimum absolute atomic E-state index is 0. The summed E-state index contributed by atoms with van der Waals surface area (Å²) >= 11 is 12.1. The topological polar surface area (TPSA) is 112 Å². The Kier molecular flexibility index (Phi) is 4.74. The summed E-state index contributed by atoms with van der Waals surface area (Å²) in [5.41, 5.74) is 1.86. The van der Waals surface area contributed by atoms with Crippen LogP contribution >= 0.6 is 23.2 Å². The van der Waals surface area contributed by atoms with Crippen molar-refractivity contribution in [3.8, 4) is 11.3 Å². The van der Waals surface area contributed by atoms with Crippen LogP contribution in [-0.4, -0.2) is 25.8 Å². The van der Waals surface area contributed by atoms with E-state index in [9.17, 15) is 0 Å². The van der Waals surface area contributed by atoms with Gasteiger partial charge in [-0.25, -0.2) is 14.6 Å². The monoisotopic (exact) mass is 354 g/mol. The van der Waals surface area contributed by atoms with E-state index in [2.05, 4.69) is 30.2 Å². The molecule has 0 saturated heterocycles. The van der Waals surface area contributed by atoms with Gasteiger partial charge in [0.2, 0.25) is 11.3 Å². The first-order valence-electron chi connectivity index (χ1n) is 6.57. The second-order valence-corrected chi connectivity index (χ2v) is 6.65. The first kappa shape index (κ1) is 17.4. The predicted molar refractivity (Wildman–Crippen MR) is 91.2 cm³/mol. The van der Waals surface area contributed by atoms with E-state index in [4.69, 9.17) is 23.2 Å². The van der Waals surface area contributed by atoms with E-state index in [1.807, 2.05) is 26.8 Å². The van der Waals surface area contributed by atoms with Crippen molar-refractivity contribution in [3.05, 3.63) is 28.2 Å². The summed E-state index contributed by atoms with van der Waals surface area (Å²) in [6, 6.07) is 5.28. The van der Waals surface area contributed by atoms with Crippen molar-refractivity contribution in [2.45, 2.75) is 26.3 Å². The summed E-state index contributed by atoms with van der Waals surface area (Å²) in [5, 5.41) is 11.7. The van der Waals surface area contributed by atoms with Crippen molar-refractivity contribution in [3.63, 3.8) is 0 Å². The summed E-state index contributed by atoms with van der Waals surface area (Å²) in [5.74, 6) is 0.578. The Labute approximate surface area is 142 Å². The highest BCUT2D eigenvalue weighted by molar-refractivity contribution is 6.42. The number of hydrogen-bond acceptors (Lipinski definition) is 7. The van der Waals surface area contributed by atoms with Gasteiger partial charge in [0.1, 0.15) is 5.69 Å². The molecule has 0 aliphatic heterocycles. The van der Waals surface area contributed by atoms with Gasteiger partial charge >= 0.3 is 0 Å². The molecular weight excluding hydrogens is 339 g/mol. The second kappa shape index (κ2) is 6.27. The van der Waals surface area contributed by atoms with Crippen LogP contribution in [0.25, 0.3) is 22.6 Å². The molecule has 2 heterocycles. The number of benzene rings is 1. The zero-order valence-corrected chi connectivity index (χ0v) is 14.4. The fourth-order valence-corrected chi connectivity index (χ4v) is 2.22. The number of anilines is 1. The Morgan fingerprint density at radius 3 is 2.26 bits per heavy atom. The Morgan fingerprint density at radius 1 is 1.00 bits per heavy atom. The third kappa shape index (κ3) is 3.69. The van der Waals surface area contributed by atoms with Crippen molar-refractivity contribution < 1.29 is 4.63 Å². The average molecular weight is 355 g/mol. The minimum atomic E-state index is -0.204. The highest BCUT2D eigenvalue weighted by atomic mass is 35.5. The van der Waals surface area contributed by atoms with Crippen molar-refractivity contribution in [2.24, 2.45) is 0 Å². The molecule has 0 aliphatic rings. The number of halogens is 2. The molecule has 3 aromatic rings. The number of aromatic nitrogens is 4. The van der Waals surface area contributed by atoms with Crippen molar-refractivity contribution in [2.75, 3.05) is 5.32 Å². The first-order chi connectivity index (χ1) is 10.3. The van der Waals surface area contributed by atoms with Crippen molar-refractivity contribution in [1.82, 2.24) is 26.4 Å². The quantitative estimate of drug-likeness (QED) is 0.702. The Morgan fingerprint density at radius 2 is 1.65 bits per heavy atom. The number of rotatable bonds is 2. The molecular formula is C14H16Cl2N6O. The van der Waals surface area contributed by atoms with Gasteiger partial charge in [-0.3, -0.25) is 0 Å². The molecule has 3 rings (SSSR count).